The van der Waals surface area contributed by atoms with Gasteiger partial charge in [0, 0.05) is 5.57 Å². The molecular weight excluding hydrogens is 178 g/mol. The highest BCUT2D eigenvalue weighted by atomic mass is 16.5. The predicted molar refractivity (Wildman–Crippen MR) is 53.5 cm³/mol. The van der Waals surface area contributed by atoms with Crippen LogP contribution in [0.3, 0.4) is 0 Å². The van der Waals surface area contributed by atoms with Crippen molar-refractivity contribution in [1.29, 1.82) is 10.8 Å². The maximum atomic E-state index is 9.23. The van der Waals surface area contributed by atoms with Crippen LogP contribution in [0.5, 0.6) is 0 Å². The Morgan fingerprint density at radius 2 is 1.71 bits per heavy atom. The zero-order chi connectivity index (χ0) is 10.1. The Balaban J connectivity index is 2.43. The molecule has 0 saturated heterocycles. The summed E-state index contributed by atoms with van der Waals surface area (Å²) in [6.07, 6.45) is 1.47. The van der Waals surface area contributed by atoms with Crippen LogP contribution in [0.1, 0.15) is 5.56 Å². The van der Waals surface area contributed by atoms with Crippen LogP contribution in [-0.2, 0) is 0 Å². The second-order valence-electron chi connectivity index (χ2n) is 2.97. The van der Waals surface area contributed by atoms with E-state index in [-0.39, 0.29) is 11.7 Å². The molecule has 0 spiro atoms. The number of nitrogens with zero attached hydrogens (tertiary/aromatic N) is 1. The van der Waals surface area contributed by atoms with Gasteiger partial charge in [-0.15, -0.1) is 0 Å². The minimum absolute atomic E-state index is 0.0544. The van der Waals surface area contributed by atoms with Gasteiger partial charge in [-0.05, 0) is 11.6 Å². The molecule has 0 amide bonds. The molecule has 0 unspecified atom stereocenters. The van der Waals surface area contributed by atoms with E-state index in [1.54, 1.807) is 0 Å². The molecule has 3 N–H and O–H groups in total. The monoisotopic (exact) mass is 187 g/mol. The first kappa shape index (κ1) is 8.65. The van der Waals surface area contributed by atoms with E-state index in [1.807, 2.05) is 30.3 Å². The van der Waals surface area contributed by atoms with Crippen molar-refractivity contribution in [3.8, 4) is 0 Å². The quantitative estimate of drug-likeness (QED) is 0.626. The molecule has 0 aliphatic carbocycles. The third-order valence-corrected chi connectivity index (χ3v) is 2.06. The topological polar surface area (TPSA) is 71.2 Å². The fraction of sp³-hybridized carbons (Fsp3) is 0. The molecule has 0 saturated carbocycles. The summed E-state index contributed by atoms with van der Waals surface area (Å²) < 4.78 is 0. The van der Waals surface area contributed by atoms with Crippen LogP contribution >= 0.6 is 0 Å². The van der Waals surface area contributed by atoms with E-state index in [4.69, 9.17) is 10.8 Å². The molecule has 0 bridgehead atoms. The van der Waals surface area contributed by atoms with E-state index in [1.165, 1.54) is 6.08 Å². The summed E-state index contributed by atoms with van der Waals surface area (Å²) in [6, 6.07) is 9.27. The van der Waals surface area contributed by atoms with Crippen molar-refractivity contribution >= 4 is 17.2 Å². The maximum absolute atomic E-state index is 9.23. The number of benzene rings is 1. The first-order valence-corrected chi connectivity index (χ1v) is 4.14. The van der Waals surface area contributed by atoms with Gasteiger partial charge in [-0.3, -0.25) is 16.0 Å². The maximum Gasteiger partial charge on any atom is 0.160 e. The molecule has 0 radical (unpaired) electrons. The molecule has 0 aromatic heterocycles. The lowest BCUT2D eigenvalue weighted by molar-refractivity contribution is 0.0665. The minimum atomic E-state index is -0.0751. The molecule has 1 aromatic carbocycles. The van der Waals surface area contributed by atoms with E-state index < -0.39 is 0 Å². The molecule has 0 fully saturated rings. The molecule has 1 aromatic rings. The van der Waals surface area contributed by atoms with Crippen LogP contribution in [0.4, 0.5) is 0 Å². The summed E-state index contributed by atoms with van der Waals surface area (Å²) in [5.41, 5.74) is 1.40. The van der Waals surface area contributed by atoms with Crippen LogP contribution < -0.4 is 0 Å². The van der Waals surface area contributed by atoms with Crippen molar-refractivity contribution in [2.75, 3.05) is 0 Å². The van der Waals surface area contributed by atoms with Gasteiger partial charge in [-0.1, -0.05) is 30.3 Å². The Labute approximate surface area is 81.1 Å². The fourth-order valence-electron chi connectivity index (χ4n) is 1.34. The first-order chi connectivity index (χ1) is 6.70. The Morgan fingerprint density at radius 3 is 2.21 bits per heavy atom. The molecule has 14 heavy (non-hydrogen) atoms. The van der Waals surface area contributed by atoms with Crippen LogP contribution in [0, 0.1) is 10.8 Å². The van der Waals surface area contributed by atoms with Crippen molar-refractivity contribution in [3.05, 3.63) is 42.0 Å². The van der Waals surface area contributed by atoms with E-state index >= 15 is 0 Å². The highest BCUT2D eigenvalue weighted by Crippen LogP contribution is 2.21. The van der Waals surface area contributed by atoms with Crippen LogP contribution in [0.15, 0.2) is 36.4 Å². The number of amidine groups is 2. The van der Waals surface area contributed by atoms with Crippen molar-refractivity contribution in [2.45, 2.75) is 0 Å². The zero-order valence-corrected chi connectivity index (χ0v) is 7.36. The largest absolute Gasteiger partial charge is 0.282 e. The van der Waals surface area contributed by atoms with Gasteiger partial charge in [0.2, 0.25) is 0 Å². The fourth-order valence-corrected chi connectivity index (χ4v) is 1.34. The zero-order valence-electron chi connectivity index (χ0n) is 7.36. The summed E-state index contributed by atoms with van der Waals surface area (Å²) in [5.74, 6) is -0.130. The average molecular weight is 187 g/mol. The van der Waals surface area contributed by atoms with Crippen molar-refractivity contribution in [3.63, 3.8) is 0 Å². The molecule has 0 atom stereocenters. The van der Waals surface area contributed by atoms with E-state index in [9.17, 15) is 5.21 Å². The van der Waals surface area contributed by atoms with Crippen molar-refractivity contribution < 1.29 is 5.21 Å². The van der Waals surface area contributed by atoms with Gasteiger partial charge >= 0.3 is 0 Å². The summed E-state index contributed by atoms with van der Waals surface area (Å²) >= 11 is 0. The summed E-state index contributed by atoms with van der Waals surface area (Å²) in [4.78, 5) is 0. The normalized spacial score (nSPS) is 16.1. The number of hydrogen-bond donors (Lipinski definition) is 3. The van der Waals surface area contributed by atoms with Crippen LogP contribution in [0.25, 0.3) is 5.57 Å². The number of nitrogens with one attached hydrogen (secondary N) is 2. The second-order valence-corrected chi connectivity index (χ2v) is 2.97. The lowest BCUT2D eigenvalue weighted by atomic mass is 10.1. The highest BCUT2D eigenvalue weighted by Gasteiger charge is 2.24. The Bertz CT molecular complexity index is 422. The third-order valence-electron chi connectivity index (χ3n) is 2.06. The lowest BCUT2D eigenvalue weighted by Gasteiger charge is -2.09. The van der Waals surface area contributed by atoms with Gasteiger partial charge in [0.25, 0.3) is 0 Å². The molecule has 1 aliphatic heterocycles. The third kappa shape index (κ3) is 1.22. The van der Waals surface area contributed by atoms with Crippen LogP contribution in [0.2, 0.25) is 0 Å². The molecule has 70 valence electrons. The highest BCUT2D eigenvalue weighted by molar-refractivity contribution is 6.34. The van der Waals surface area contributed by atoms with Gasteiger partial charge in [0.1, 0.15) is 0 Å². The van der Waals surface area contributed by atoms with Gasteiger partial charge in [0.15, 0.2) is 11.7 Å². The summed E-state index contributed by atoms with van der Waals surface area (Å²) in [6.45, 7) is 0. The molecule has 1 heterocycles. The predicted octanol–water partition coefficient (Wildman–Crippen LogP) is 1.73. The van der Waals surface area contributed by atoms with E-state index in [0.29, 0.717) is 10.6 Å². The van der Waals surface area contributed by atoms with Gasteiger partial charge in [-0.2, -0.15) is 5.06 Å². The summed E-state index contributed by atoms with van der Waals surface area (Å²) in [7, 11) is 0. The van der Waals surface area contributed by atoms with Crippen molar-refractivity contribution in [2.24, 2.45) is 0 Å². The SMILES string of the molecule is N=C1C=C(c2ccccc2)C(=N)N1O. The average Bonchev–Trinajstić information content (AvgIpc) is 2.47. The summed E-state index contributed by atoms with van der Waals surface area (Å²) in [5, 5.41) is 24.7. The standard InChI is InChI=1S/C10H9N3O/c11-9-6-8(10(12)13(9)14)7-4-2-1-3-5-7/h1-6,11-12,14H. The van der Waals surface area contributed by atoms with E-state index in [0.717, 1.165) is 5.56 Å². The number of hydroxylamine groups is 2. The Morgan fingerprint density at radius 1 is 1.07 bits per heavy atom. The second kappa shape index (κ2) is 3.08. The number of hydrogen-bond acceptors (Lipinski definition) is 3. The molecule has 4 heteroatoms. The van der Waals surface area contributed by atoms with Crippen LogP contribution in [-0.4, -0.2) is 21.9 Å². The first-order valence-electron chi connectivity index (χ1n) is 4.14. The van der Waals surface area contributed by atoms with Crippen molar-refractivity contribution in [1.82, 2.24) is 5.06 Å². The molecule has 4 nitrogen and oxygen atoms in total. The molecule has 1 aliphatic rings. The van der Waals surface area contributed by atoms with Gasteiger partial charge in [0.05, 0.1) is 0 Å². The van der Waals surface area contributed by atoms with Gasteiger partial charge in [-0.25, -0.2) is 0 Å². The van der Waals surface area contributed by atoms with Gasteiger partial charge < -0.3 is 0 Å². The molecular formula is C10H9N3O. The van der Waals surface area contributed by atoms with E-state index in [2.05, 4.69) is 0 Å². The lowest BCUT2D eigenvalue weighted by Crippen LogP contribution is -2.25. The Kier molecular flexibility index (Phi) is 1.90. The molecule has 2 rings (SSSR count). The number of rotatable bonds is 1. The Hall–Kier alpha value is -1.94. The minimum Gasteiger partial charge on any atom is -0.282 e. The smallest absolute Gasteiger partial charge is 0.160 e.